The van der Waals surface area contributed by atoms with Gasteiger partial charge in [-0.3, -0.25) is 14.9 Å². The van der Waals surface area contributed by atoms with Crippen LogP contribution in [-0.2, 0) is 21.6 Å². The summed E-state index contributed by atoms with van der Waals surface area (Å²) in [7, 11) is 0. The summed E-state index contributed by atoms with van der Waals surface area (Å²) in [5, 5.41) is 10.6. The van der Waals surface area contributed by atoms with E-state index in [4.69, 9.17) is 14.9 Å². The summed E-state index contributed by atoms with van der Waals surface area (Å²) in [6.45, 7) is 0. The molecule has 0 saturated heterocycles. The largest absolute Gasteiger partial charge is 0.438 e. The van der Waals surface area contributed by atoms with Crippen molar-refractivity contribution in [1.29, 1.82) is 0 Å². The van der Waals surface area contributed by atoms with E-state index < -0.39 is 28.3 Å². The maximum Gasteiger partial charge on any atom is 0.433 e. The number of carbonyl (C=O) groups is 2. The van der Waals surface area contributed by atoms with Gasteiger partial charge < -0.3 is 14.9 Å². The van der Waals surface area contributed by atoms with E-state index in [-0.39, 0.29) is 12.2 Å². The topological polar surface area (TPSA) is 126 Å². The third-order valence-corrected chi connectivity index (χ3v) is 4.07. The van der Waals surface area contributed by atoms with E-state index in [1.807, 2.05) is 12.1 Å². The van der Waals surface area contributed by atoms with Crippen molar-refractivity contribution >= 4 is 17.8 Å². The van der Waals surface area contributed by atoms with Crippen LogP contribution >= 0.6 is 0 Å². The van der Waals surface area contributed by atoms with E-state index in [1.165, 1.54) is 0 Å². The third kappa shape index (κ3) is 2.51. The molecule has 1 aliphatic rings. The molecule has 124 valence electrons. The molecule has 1 amide bonds. The zero-order chi connectivity index (χ0) is 17.3. The molecule has 1 aliphatic carbocycles. The van der Waals surface area contributed by atoms with Gasteiger partial charge in [-0.1, -0.05) is 24.3 Å². The van der Waals surface area contributed by atoms with Crippen molar-refractivity contribution in [1.82, 2.24) is 0 Å². The summed E-state index contributed by atoms with van der Waals surface area (Å²) in [6.07, 6.45) is 1.61. The molecule has 2 N–H and O–H groups in total. The second-order valence-corrected chi connectivity index (χ2v) is 5.49. The van der Waals surface area contributed by atoms with Crippen molar-refractivity contribution in [3.63, 3.8) is 0 Å². The van der Waals surface area contributed by atoms with Gasteiger partial charge >= 0.3 is 11.9 Å². The number of fused-ring (bicyclic) bond motifs is 1. The quantitative estimate of drug-likeness (QED) is 0.519. The van der Waals surface area contributed by atoms with Gasteiger partial charge in [0, 0.05) is 12.0 Å². The fraction of sp³-hybridized carbons (Fsp3) is 0.250. The molecule has 1 heterocycles. The normalized spacial score (nSPS) is 19.3. The van der Waals surface area contributed by atoms with Crippen molar-refractivity contribution in [2.24, 2.45) is 5.73 Å². The predicted octanol–water partition coefficient (Wildman–Crippen LogP) is 2.06. The second-order valence-electron chi connectivity index (χ2n) is 5.49. The van der Waals surface area contributed by atoms with Gasteiger partial charge in [-0.05, 0) is 24.5 Å². The lowest BCUT2D eigenvalue weighted by Crippen LogP contribution is -2.47. The van der Waals surface area contributed by atoms with Crippen molar-refractivity contribution in [3.05, 3.63) is 63.4 Å². The number of hydrogen-bond acceptors (Lipinski definition) is 6. The fourth-order valence-electron chi connectivity index (χ4n) is 2.95. The molecule has 1 aromatic carbocycles. The van der Waals surface area contributed by atoms with Crippen molar-refractivity contribution < 1.29 is 23.7 Å². The van der Waals surface area contributed by atoms with E-state index >= 15 is 0 Å². The minimum atomic E-state index is -1.60. The van der Waals surface area contributed by atoms with E-state index in [9.17, 15) is 19.7 Å². The number of amides is 1. The van der Waals surface area contributed by atoms with Gasteiger partial charge in [-0.15, -0.1) is 0 Å². The molecule has 8 heteroatoms. The van der Waals surface area contributed by atoms with Crippen LogP contribution in [0.15, 0.2) is 40.8 Å². The van der Waals surface area contributed by atoms with Crippen LogP contribution in [0.3, 0.4) is 0 Å². The maximum absolute atomic E-state index is 12.3. The molecule has 24 heavy (non-hydrogen) atoms. The van der Waals surface area contributed by atoms with Crippen molar-refractivity contribution in [2.45, 2.75) is 24.9 Å². The molecule has 2 aromatic rings. The van der Waals surface area contributed by atoms with Gasteiger partial charge in [-0.2, -0.15) is 0 Å². The molecule has 1 aromatic heterocycles. The summed E-state index contributed by atoms with van der Waals surface area (Å²) < 4.78 is 10.3. The van der Waals surface area contributed by atoms with E-state index in [0.29, 0.717) is 12.0 Å². The lowest BCUT2D eigenvalue weighted by molar-refractivity contribution is -0.402. The number of nitrogens with two attached hydrogens (primary N) is 1. The number of nitrogens with zero attached hydrogens (tertiary/aromatic N) is 1. The highest BCUT2D eigenvalue weighted by molar-refractivity contribution is 5.93. The minimum absolute atomic E-state index is 0.244. The Kier molecular flexibility index (Phi) is 3.80. The zero-order valence-electron chi connectivity index (χ0n) is 12.6. The Balaban J connectivity index is 1.97. The first-order chi connectivity index (χ1) is 11.4. The molecule has 0 radical (unpaired) electrons. The van der Waals surface area contributed by atoms with E-state index in [1.54, 1.807) is 12.1 Å². The number of primary amides is 1. The predicted molar refractivity (Wildman–Crippen MR) is 81.0 cm³/mol. The van der Waals surface area contributed by atoms with Gasteiger partial charge in [0.2, 0.25) is 11.4 Å². The minimum Gasteiger partial charge on any atom is -0.438 e. The molecule has 8 nitrogen and oxygen atoms in total. The maximum atomic E-state index is 12.3. The van der Waals surface area contributed by atoms with Gasteiger partial charge in [-0.25, -0.2) is 4.79 Å². The summed E-state index contributed by atoms with van der Waals surface area (Å²) in [5.74, 6) is -2.70. The average molecular weight is 330 g/mol. The summed E-state index contributed by atoms with van der Waals surface area (Å²) in [5.41, 5.74) is 5.35. The van der Waals surface area contributed by atoms with Gasteiger partial charge in [0.15, 0.2) is 0 Å². The van der Waals surface area contributed by atoms with Crippen LogP contribution in [-0.4, -0.2) is 16.8 Å². The number of hydrogen-bond donors (Lipinski definition) is 1. The van der Waals surface area contributed by atoms with Crippen LogP contribution in [0.1, 0.15) is 34.5 Å². The molecule has 1 unspecified atom stereocenters. The lowest BCUT2D eigenvalue weighted by atomic mass is 9.78. The Morgan fingerprint density at radius 1 is 1.25 bits per heavy atom. The van der Waals surface area contributed by atoms with Crippen LogP contribution in [0, 0.1) is 10.1 Å². The summed E-state index contributed by atoms with van der Waals surface area (Å²) >= 11 is 0. The average Bonchev–Trinajstić information content (AvgIpc) is 3.05. The fourth-order valence-corrected chi connectivity index (χ4v) is 2.95. The second kappa shape index (κ2) is 5.80. The molecule has 0 fully saturated rings. The van der Waals surface area contributed by atoms with Gasteiger partial charge in [0.25, 0.3) is 5.91 Å². The zero-order valence-corrected chi connectivity index (χ0v) is 12.6. The van der Waals surface area contributed by atoms with Crippen LogP contribution in [0.25, 0.3) is 0 Å². The first-order valence-electron chi connectivity index (χ1n) is 7.30. The standard InChI is InChI=1S/C16H14N2O6/c17-15(20)16(9-3-5-10-4-1-2-6-11(10)16)24-14(19)12-7-8-13(23-12)18(21)22/h1-2,4,6-8H,3,5,9H2,(H2,17,20). The van der Waals surface area contributed by atoms with Crippen LogP contribution in [0.2, 0.25) is 0 Å². The molecule has 1 atom stereocenters. The number of ether oxygens (including phenoxy) is 1. The molecule has 0 saturated carbocycles. The number of nitro groups is 1. The number of carbonyl (C=O) groups excluding carboxylic acids is 2. The number of benzene rings is 1. The Labute approximate surface area is 136 Å². The SMILES string of the molecule is NC(=O)C1(OC(=O)c2ccc([N+](=O)[O-])o2)CCCc2ccccc21. The molecular weight excluding hydrogens is 316 g/mol. The molecule has 0 bridgehead atoms. The molecule has 0 spiro atoms. The number of furan rings is 1. The number of rotatable bonds is 4. The number of esters is 1. The first kappa shape index (κ1) is 15.7. The summed E-state index contributed by atoms with van der Waals surface area (Å²) in [4.78, 5) is 34.3. The van der Waals surface area contributed by atoms with Crippen LogP contribution in [0.5, 0.6) is 0 Å². The molecule has 3 rings (SSSR count). The van der Waals surface area contributed by atoms with Crippen molar-refractivity contribution in [3.8, 4) is 0 Å². The molecular formula is C16H14N2O6. The first-order valence-corrected chi connectivity index (χ1v) is 7.30. The van der Waals surface area contributed by atoms with Gasteiger partial charge in [0.05, 0.1) is 6.07 Å². The molecule has 0 aliphatic heterocycles. The third-order valence-electron chi connectivity index (χ3n) is 4.07. The Morgan fingerprint density at radius 2 is 2.00 bits per heavy atom. The summed E-state index contributed by atoms with van der Waals surface area (Å²) in [6, 6.07) is 9.27. The van der Waals surface area contributed by atoms with E-state index in [2.05, 4.69) is 0 Å². The highest BCUT2D eigenvalue weighted by Gasteiger charge is 2.46. The van der Waals surface area contributed by atoms with Crippen LogP contribution < -0.4 is 5.73 Å². The van der Waals surface area contributed by atoms with Gasteiger partial charge in [0.1, 0.15) is 4.92 Å². The highest BCUT2D eigenvalue weighted by atomic mass is 16.7. The Hall–Kier alpha value is -3.16. The monoisotopic (exact) mass is 330 g/mol. The van der Waals surface area contributed by atoms with Crippen LogP contribution in [0.4, 0.5) is 5.88 Å². The lowest BCUT2D eigenvalue weighted by Gasteiger charge is -2.35. The van der Waals surface area contributed by atoms with Crippen molar-refractivity contribution in [2.75, 3.05) is 0 Å². The Morgan fingerprint density at radius 3 is 2.67 bits per heavy atom. The Bertz CT molecular complexity index is 827. The highest BCUT2D eigenvalue weighted by Crippen LogP contribution is 2.39. The number of aryl methyl sites for hydroxylation is 1. The van der Waals surface area contributed by atoms with E-state index in [0.717, 1.165) is 24.1 Å². The smallest absolute Gasteiger partial charge is 0.433 e.